The molecule has 0 aromatic heterocycles. The second kappa shape index (κ2) is 6.13. The van der Waals surface area contributed by atoms with Crippen molar-refractivity contribution in [2.75, 3.05) is 52.9 Å². The number of piperidine rings is 1. The maximum atomic E-state index is 12.6. The number of hydrogen-bond donors (Lipinski definition) is 1. The number of nitrogens with zero attached hydrogens (tertiary/aromatic N) is 2. The molecule has 1 N–H and O–H groups in total. The molecule has 4 rings (SSSR count). The average molecular weight is 315 g/mol. The Morgan fingerprint density at radius 3 is 2.39 bits per heavy atom. The predicted octanol–water partition coefficient (Wildman–Crippen LogP) is 0.918. The van der Waals surface area contributed by atoms with Crippen molar-refractivity contribution in [3.05, 3.63) is 29.8 Å². The van der Waals surface area contributed by atoms with Crippen molar-refractivity contribution in [3.63, 3.8) is 0 Å². The Kier molecular flexibility index (Phi) is 3.99. The summed E-state index contributed by atoms with van der Waals surface area (Å²) >= 11 is 0. The van der Waals surface area contributed by atoms with E-state index in [1.165, 1.54) is 19.6 Å². The number of hydrogen-bond acceptors (Lipinski definition) is 4. The van der Waals surface area contributed by atoms with Gasteiger partial charge in [0.1, 0.15) is 5.75 Å². The van der Waals surface area contributed by atoms with Crippen LogP contribution in [-0.2, 0) is 0 Å². The highest BCUT2D eigenvalue weighted by Gasteiger charge is 2.52. The molecule has 2 aliphatic heterocycles. The summed E-state index contributed by atoms with van der Waals surface area (Å²) in [6.07, 6.45) is 0. The van der Waals surface area contributed by atoms with Gasteiger partial charge >= 0.3 is 0 Å². The monoisotopic (exact) mass is 315 g/mol. The third-order valence-electron chi connectivity index (χ3n) is 5.73. The maximum Gasteiger partial charge on any atom is 0.253 e. The maximum absolute atomic E-state index is 12.6. The van der Waals surface area contributed by atoms with Crippen molar-refractivity contribution in [1.82, 2.24) is 15.1 Å². The molecule has 0 spiro atoms. The molecule has 3 fully saturated rings. The number of fused-ring (bicyclic) bond motifs is 1. The van der Waals surface area contributed by atoms with Crippen LogP contribution in [0.3, 0.4) is 0 Å². The number of piperazine rings is 1. The summed E-state index contributed by atoms with van der Waals surface area (Å²) in [4.78, 5) is 17.1. The Hall–Kier alpha value is -1.59. The minimum atomic E-state index is 0.139. The number of amides is 1. The van der Waals surface area contributed by atoms with Crippen LogP contribution in [-0.4, -0.2) is 68.6 Å². The number of ether oxygens (including phenoxy) is 1. The highest BCUT2D eigenvalue weighted by atomic mass is 16.5. The third-order valence-corrected chi connectivity index (χ3v) is 5.73. The van der Waals surface area contributed by atoms with Gasteiger partial charge in [0, 0.05) is 38.3 Å². The molecule has 2 heterocycles. The van der Waals surface area contributed by atoms with Crippen LogP contribution in [0.4, 0.5) is 0 Å². The predicted molar refractivity (Wildman–Crippen MR) is 88.7 cm³/mol. The summed E-state index contributed by atoms with van der Waals surface area (Å²) in [5, 5.41) is 3.46. The molecule has 1 unspecified atom stereocenters. The zero-order valence-electron chi connectivity index (χ0n) is 13.7. The first kappa shape index (κ1) is 15.0. The lowest BCUT2D eigenvalue weighted by Crippen LogP contribution is -2.49. The van der Waals surface area contributed by atoms with Crippen molar-refractivity contribution < 1.29 is 9.53 Å². The van der Waals surface area contributed by atoms with Crippen molar-refractivity contribution in [3.8, 4) is 5.75 Å². The highest BCUT2D eigenvalue weighted by Crippen LogP contribution is 2.48. The highest BCUT2D eigenvalue weighted by molar-refractivity contribution is 5.94. The van der Waals surface area contributed by atoms with E-state index in [2.05, 4.69) is 10.2 Å². The van der Waals surface area contributed by atoms with Gasteiger partial charge in [0.25, 0.3) is 5.91 Å². The SMILES string of the molecule is COc1ccc(C(=O)N2CCN(CC3[C@H]4CNC[C@@H]34)CC2)cc1. The first-order chi connectivity index (χ1) is 11.3. The van der Waals surface area contributed by atoms with E-state index in [-0.39, 0.29) is 5.91 Å². The number of benzene rings is 1. The molecule has 1 saturated carbocycles. The Morgan fingerprint density at radius 1 is 1.13 bits per heavy atom. The lowest BCUT2D eigenvalue weighted by molar-refractivity contribution is 0.0627. The first-order valence-electron chi connectivity index (χ1n) is 8.62. The minimum absolute atomic E-state index is 0.139. The molecule has 1 aromatic rings. The minimum Gasteiger partial charge on any atom is -0.497 e. The van der Waals surface area contributed by atoms with E-state index >= 15 is 0 Å². The van der Waals surface area contributed by atoms with E-state index < -0.39 is 0 Å². The van der Waals surface area contributed by atoms with Crippen LogP contribution >= 0.6 is 0 Å². The lowest BCUT2D eigenvalue weighted by atomic mass is 10.1. The van der Waals surface area contributed by atoms with Gasteiger partial charge in [0.15, 0.2) is 0 Å². The Bertz CT molecular complexity index is 556. The van der Waals surface area contributed by atoms with Gasteiger partial charge in [-0.15, -0.1) is 0 Å². The van der Waals surface area contributed by atoms with E-state index in [4.69, 9.17) is 4.74 Å². The molecule has 1 amide bonds. The normalized spacial score (nSPS) is 30.1. The van der Waals surface area contributed by atoms with E-state index in [1.807, 2.05) is 29.2 Å². The number of carbonyl (C=O) groups excluding carboxylic acids is 1. The van der Waals surface area contributed by atoms with Crippen molar-refractivity contribution in [2.45, 2.75) is 0 Å². The molecule has 1 aliphatic carbocycles. The first-order valence-corrected chi connectivity index (χ1v) is 8.62. The van der Waals surface area contributed by atoms with Crippen LogP contribution < -0.4 is 10.1 Å². The number of carbonyl (C=O) groups is 1. The summed E-state index contributed by atoms with van der Waals surface area (Å²) in [5.74, 6) is 3.68. The molecule has 0 bridgehead atoms. The Balaban J connectivity index is 1.27. The molecule has 1 aromatic carbocycles. The fourth-order valence-electron chi connectivity index (χ4n) is 4.17. The quantitative estimate of drug-likeness (QED) is 0.897. The van der Waals surface area contributed by atoms with Crippen LogP contribution in [0.25, 0.3) is 0 Å². The van der Waals surface area contributed by atoms with Gasteiger partial charge in [-0.2, -0.15) is 0 Å². The van der Waals surface area contributed by atoms with E-state index in [9.17, 15) is 4.79 Å². The molecular weight excluding hydrogens is 290 g/mol. The second-order valence-electron chi connectivity index (χ2n) is 6.97. The van der Waals surface area contributed by atoms with Crippen LogP contribution in [0.5, 0.6) is 5.75 Å². The molecule has 0 radical (unpaired) electrons. The molecule has 124 valence electrons. The summed E-state index contributed by atoms with van der Waals surface area (Å²) in [7, 11) is 1.64. The van der Waals surface area contributed by atoms with Crippen LogP contribution in [0.2, 0.25) is 0 Å². The molecule has 5 heteroatoms. The van der Waals surface area contributed by atoms with Gasteiger partial charge in [-0.25, -0.2) is 0 Å². The van der Waals surface area contributed by atoms with Crippen LogP contribution in [0.1, 0.15) is 10.4 Å². The van der Waals surface area contributed by atoms with Gasteiger partial charge < -0.3 is 15.0 Å². The van der Waals surface area contributed by atoms with Crippen LogP contribution in [0, 0.1) is 17.8 Å². The van der Waals surface area contributed by atoms with E-state index in [0.29, 0.717) is 0 Å². The second-order valence-corrected chi connectivity index (χ2v) is 6.97. The number of rotatable bonds is 4. The fraction of sp³-hybridized carbons (Fsp3) is 0.611. The summed E-state index contributed by atoms with van der Waals surface area (Å²) < 4.78 is 5.15. The Labute approximate surface area is 137 Å². The van der Waals surface area contributed by atoms with Crippen molar-refractivity contribution in [2.24, 2.45) is 17.8 Å². The zero-order valence-corrected chi connectivity index (χ0v) is 13.7. The van der Waals surface area contributed by atoms with E-state index in [0.717, 1.165) is 55.2 Å². The zero-order chi connectivity index (χ0) is 15.8. The molecule has 2 saturated heterocycles. The van der Waals surface area contributed by atoms with Gasteiger partial charge in [-0.3, -0.25) is 9.69 Å². The van der Waals surface area contributed by atoms with Gasteiger partial charge in [0.2, 0.25) is 0 Å². The third kappa shape index (κ3) is 2.95. The Morgan fingerprint density at radius 2 is 1.78 bits per heavy atom. The summed E-state index contributed by atoms with van der Waals surface area (Å²) in [5.41, 5.74) is 0.752. The summed E-state index contributed by atoms with van der Waals surface area (Å²) in [6, 6.07) is 7.41. The molecular formula is C18H25N3O2. The topological polar surface area (TPSA) is 44.8 Å². The van der Waals surface area contributed by atoms with Gasteiger partial charge in [-0.05, 0) is 55.1 Å². The fourth-order valence-corrected chi connectivity index (χ4v) is 4.17. The number of methoxy groups -OCH3 is 1. The lowest BCUT2D eigenvalue weighted by Gasteiger charge is -2.35. The van der Waals surface area contributed by atoms with Crippen molar-refractivity contribution in [1.29, 1.82) is 0 Å². The summed E-state index contributed by atoms with van der Waals surface area (Å²) in [6.45, 7) is 7.34. The molecule has 3 aliphatic rings. The molecule has 3 atom stereocenters. The van der Waals surface area contributed by atoms with Gasteiger partial charge in [-0.1, -0.05) is 0 Å². The molecule has 5 nitrogen and oxygen atoms in total. The number of nitrogens with one attached hydrogen (secondary N) is 1. The average Bonchev–Trinajstić information content (AvgIpc) is 3.03. The largest absolute Gasteiger partial charge is 0.497 e. The van der Waals surface area contributed by atoms with Crippen molar-refractivity contribution >= 4 is 5.91 Å². The van der Waals surface area contributed by atoms with E-state index in [1.54, 1.807) is 7.11 Å². The van der Waals surface area contributed by atoms with Gasteiger partial charge in [0.05, 0.1) is 7.11 Å². The smallest absolute Gasteiger partial charge is 0.253 e. The van der Waals surface area contributed by atoms with Crippen LogP contribution in [0.15, 0.2) is 24.3 Å². The standard InChI is InChI=1S/C18H25N3O2/c1-23-14-4-2-13(3-5-14)18(22)21-8-6-20(7-9-21)12-17-15-10-19-11-16(15)17/h2-5,15-17,19H,6-12H2,1H3/t15-,16+,17?. The molecule has 23 heavy (non-hydrogen) atoms.